The van der Waals surface area contributed by atoms with Crippen molar-refractivity contribution in [2.45, 2.75) is 39.4 Å². The van der Waals surface area contributed by atoms with E-state index in [1.165, 1.54) is 13.0 Å². The highest BCUT2D eigenvalue weighted by molar-refractivity contribution is 8.93. The van der Waals surface area contributed by atoms with Crippen LogP contribution in [-0.2, 0) is 20.7 Å². The molecule has 39 heavy (non-hydrogen) atoms. The maximum atomic E-state index is 12.7. The van der Waals surface area contributed by atoms with Gasteiger partial charge in [-0.05, 0) is 54.8 Å². The molecule has 0 saturated carbocycles. The van der Waals surface area contributed by atoms with E-state index < -0.39 is 30.3 Å². The van der Waals surface area contributed by atoms with E-state index in [-0.39, 0.29) is 41.4 Å². The van der Waals surface area contributed by atoms with Gasteiger partial charge in [0.05, 0.1) is 11.1 Å². The van der Waals surface area contributed by atoms with Gasteiger partial charge in [0.2, 0.25) is 6.29 Å². The number of alkyl carbamates (subject to hydrolysis) is 1. The average molecular weight is 600 g/mol. The SMILES string of the molecule is Br.CCCC(=O)OC(C)OC(=O)NCCc1ccc(OC(=O)c2ccccc2)c(OC(=O)c2ccccc2)c1. The summed E-state index contributed by atoms with van der Waals surface area (Å²) >= 11 is 0. The fraction of sp³-hybridized carbons (Fsp3) is 0.241. The molecule has 0 saturated heterocycles. The summed E-state index contributed by atoms with van der Waals surface area (Å²) in [6.07, 6.45) is -0.544. The molecule has 0 aliphatic rings. The van der Waals surface area contributed by atoms with Crippen LogP contribution in [0, 0.1) is 0 Å². The lowest BCUT2D eigenvalue weighted by molar-refractivity contribution is -0.164. The molecule has 1 unspecified atom stereocenters. The molecule has 0 aromatic heterocycles. The highest BCUT2D eigenvalue weighted by Gasteiger charge is 2.18. The summed E-state index contributed by atoms with van der Waals surface area (Å²) < 4.78 is 21.1. The lowest BCUT2D eigenvalue weighted by atomic mass is 10.1. The molecule has 0 bridgehead atoms. The van der Waals surface area contributed by atoms with Crippen LogP contribution in [-0.4, -0.2) is 36.8 Å². The Balaban J connectivity index is 0.00000533. The third-order valence-corrected chi connectivity index (χ3v) is 5.14. The van der Waals surface area contributed by atoms with Crippen molar-refractivity contribution in [3.63, 3.8) is 0 Å². The molecule has 3 rings (SSSR count). The van der Waals surface area contributed by atoms with Crippen molar-refractivity contribution >= 4 is 41.0 Å². The van der Waals surface area contributed by atoms with Gasteiger partial charge in [-0.2, -0.15) is 0 Å². The van der Waals surface area contributed by atoms with E-state index in [0.717, 1.165) is 0 Å². The van der Waals surface area contributed by atoms with Crippen LogP contribution in [0.1, 0.15) is 53.0 Å². The Hall–Kier alpha value is -4.18. The molecule has 0 radical (unpaired) electrons. The molecule has 1 amide bonds. The lowest BCUT2D eigenvalue weighted by Gasteiger charge is -2.15. The first-order valence-electron chi connectivity index (χ1n) is 12.2. The van der Waals surface area contributed by atoms with Gasteiger partial charge >= 0.3 is 24.0 Å². The number of hydrogen-bond donors (Lipinski definition) is 1. The standard InChI is InChI=1S/C29H29NO8.BrH/c1-3-10-26(31)35-20(2)36-29(34)30-18-17-21-15-16-24(37-27(32)22-11-6-4-7-12-22)25(19-21)38-28(33)23-13-8-5-9-14-23;/h4-9,11-16,19-20H,3,10,17-18H2,1-2H3,(H,30,34);1H. The summed E-state index contributed by atoms with van der Waals surface area (Å²) in [5, 5.41) is 2.58. The van der Waals surface area contributed by atoms with Crippen LogP contribution < -0.4 is 14.8 Å². The summed E-state index contributed by atoms with van der Waals surface area (Å²) in [6.45, 7) is 3.48. The normalized spacial score (nSPS) is 10.8. The Labute approximate surface area is 237 Å². The summed E-state index contributed by atoms with van der Waals surface area (Å²) in [5.41, 5.74) is 1.37. The number of carbonyl (C=O) groups is 4. The molecular weight excluding hydrogens is 570 g/mol. The quantitative estimate of drug-likeness (QED) is 0.170. The minimum absolute atomic E-state index is 0. The van der Waals surface area contributed by atoms with Crippen molar-refractivity contribution in [1.82, 2.24) is 5.32 Å². The Morgan fingerprint density at radius 3 is 1.90 bits per heavy atom. The van der Waals surface area contributed by atoms with Gasteiger partial charge in [0.25, 0.3) is 0 Å². The number of benzene rings is 3. The van der Waals surface area contributed by atoms with Crippen LogP contribution in [0.3, 0.4) is 0 Å². The zero-order chi connectivity index (χ0) is 27.3. The lowest BCUT2D eigenvalue weighted by Crippen LogP contribution is -2.31. The van der Waals surface area contributed by atoms with Gasteiger partial charge in [0.15, 0.2) is 11.5 Å². The Morgan fingerprint density at radius 1 is 0.769 bits per heavy atom. The minimum Gasteiger partial charge on any atom is -0.425 e. The molecule has 0 aliphatic heterocycles. The number of nitrogens with one attached hydrogen (secondary N) is 1. The second kappa shape index (κ2) is 15.9. The first kappa shape index (κ1) is 31.0. The molecule has 10 heteroatoms. The molecule has 0 spiro atoms. The summed E-state index contributed by atoms with van der Waals surface area (Å²) in [5.74, 6) is -1.54. The number of amides is 1. The molecule has 1 atom stereocenters. The number of halogens is 1. The van der Waals surface area contributed by atoms with E-state index in [2.05, 4.69) is 5.32 Å². The molecule has 0 fully saturated rings. The maximum absolute atomic E-state index is 12.7. The maximum Gasteiger partial charge on any atom is 0.410 e. The van der Waals surface area contributed by atoms with Crippen molar-refractivity contribution in [3.05, 3.63) is 95.6 Å². The second-order valence-corrected chi connectivity index (χ2v) is 8.18. The third kappa shape index (κ3) is 10.2. The summed E-state index contributed by atoms with van der Waals surface area (Å²) in [7, 11) is 0. The van der Waals surface area contributed by atoms with Crippen molar-refractivity contribution in [3.8, 4) is 11.5 Å². The third-order valence-electron chi connectivity index (χ3n) is 5.14. The zero-order valence-corrected chi connectivity index (χ0v) is 23.3. The molecule has 9 nitrogen and oxygen atoms in total. The van der Waals surface area contributed by atoms with Crippen LogP contribution in [0.15, 0.2) is 78.9 Å². The van der Waals surface area contributed by atoms with Crippen molar-refractivity contribution in [2.24, 2.45) is 0 Å². The Morgan fingerprint density at radius 2 is 1.33 bits per heavy atom. The highest BCUT2D eigenvalue weighted by atomic mass is 79.9. The summed E-state index contributed by atoms with van der Waals surface area (Å²) in [4.78, 5) is 48.8. The van der Waals surface area contributed by atoms with Gasteiger partial charge in [-0.3, -0.25) is 4.79 Å². The van der Waals surface area contributed by atoms with Crippen molar-refractivity contribution < 1.29 is 38.1 Å². The van der Waals surface area contributed by atoms with E-state index in [4.69, 9.17) is 18.9 Å². The second-order valence-electron chi connectivity index (χ2n) is 8.18. The van der Waals surface area contributed by atoms with E-state index in [1.54, 1.807) is 72.8 Å². The van der Waals surface area contributed by atoms with E-state index >= 15 is 0 Å². The minimum atomic E-state index is -1.02. The van der Waals surface area contributed by atoms with Crippen molar-refractivity contribution in [2.75, 3.05) is 6.54 Å². The molecule has 1 N–H and O–H groups in total. The predicted octanol–water partition coefficient (Wildman–Crippen LogP) is 5.66. The first-order chi connectivity index (χ1) is 18.4. The predicted molar refractivity (Wildman–Crippen MR) is 148 cm³/mol. The molecular formula is C29H30BrNO8. The molecule has 3 aromatic rings. The van der Waals surface area contributed by atoms with Crippen LogP contribution in [0.2, 0.25) is 0 Å². The van der Waals surface area contributed by atoms with Gasteiger partial charge in [0, 0.05) is 19.9 Å². The van der Waals surface area contributed by atoms with E-state index in [0.29, 0.717) is 29.5 Å². The van der Waals surface area contributed by atoms with Crippen molar-refractivity contribution in [1.29, 1.82) is 0 Å². The molecule has 0 aliphatic carbocycles. The van der Waals surface area contributed by atoms with E-state index in [1.807, 2.05) is 6.92 Å². The smallest absolute Gasteiger partial charge is 0.410 e. The molecule has 0 heterocycles. The van der Waals surface area contributed by atoms with Crippen LogP contribution >= 0.6 is 17.0 Å². The topological polar surface area (TPSA) is 117 Å². The van der Waals surface area contributed by atoms with Gasteiger partial charge < -0.3 is 24.3 Å². The molecule has 3 aromatic carbocycles. The van der Waals surface area contributed by atoms with Crippen LogP contribution in [0.5, 0.6) is 11.5 Å². The fourth-order valence-corrected chi connectivity index (χ4v) is 3.31. The van der Waals surface area contributed by atoms with Gasteiger partial charge in [-0.25, -0.2) is 14.4 Å². The monoisotopic (exact) mass is 599 g/mol. The Kier molecular flexibility index (Phi) is 12.7. The van der Waals surface area contributed by atoms with Crippen LogP contribution in [0.4, 0.5) is 4.79 Å². The fourth-order valence-electron chi connectivity index (χ4n) is 3.31. The van der Waals surface area contributed by atoms with Gasteiger partial charge in [-0.15, -0.1) is 17.0 Å². The zero-order valence-electron chi connectivity index (χ0n) is 21.6. The highest BCUT2D eigenvalue weighted by Crippen LogP contribution is 2.30. The van der Waals surface area contributed by atoms with E-state index in [9.17, 15) is 19.2 Å². The summed E-state index contributed by atoms with van der Waals surface area (Å²) in [6, 6.07) is 21.6. The number of hydrogen-bond acceptors (Lipinski definition) is 8. The first-order valence-corrected chi connectivity index (χ1v) is 12.2. The molecule has 206 valence electrons. The van der Waals surface area contributed by atoms with Gasteiger partial charge in [0.1, 0.15) is 0 Å². The number of ether oxygens (including phenoxy) is 4. The largest absolute Gasteiger partial charge is 0.425 e. The average Bonchev–Trinajstić information content (AvgIpc) is 2.91. The number of esters is 3. The Bertz CT molecular complexity index is 1250. The number of rotatable bonds is 11. The van der Waals surface area contributed by atoms with Gasteiger partial charge in [-0.1, -0.05) is 49.4 Å². The van der Waals surface area contributed by atoms with Crippen LogP contribution in [0.25, 0.3) is 0 Å². The number of carbonyl (C=O) groups excluding carboxylic acids is 4.